The second-order valence-corrected chi connectivity index (χ2v) is 2.04. The van der Waals surface area contributed by atoms with Crippen molar-refractivity contribution in [3.63, 3.8) is 0 Å². The van der Waals surface area contributed by atoms with Crippen LogP contribution in [-0.2, 0) is 9.53 Å². The number of carbonyl (C=O) groups is 1. The molecule has 13 heavy (non-hydrogen) atoms. The molecule has 2 N–H and O–H groups in total. The summed E-state index contributed by atoms with van der Waals surface area (Å²) < 4.78 is 39.2. The summed E-state index contributed by atoms with van der Waals surface area (Å²) in [6, 6.07) is 0. The molecule has 0 rings (SSSR count). The number of amides is 1. The highest BCUT2D eigenvalue weighted by molar-refractivity contribution is 5.86. The maximum Gasteiger partial charge on any atom is 0.471 e. The molecule has 0 atom stereocenters. The van der Waals surface area contributed by atoms with E-state index < -0.39 is 24.5 Å². The molecule has 0 radical (unpaired) electrons. The standard InChI is InChI=1S/C6H9F3N2O2/c1-2-13-4(10)3-11-5(12)6(7,8)9/h10H,2-3H2,1H3,(H,11,12). The van der Waals surface area contributed by atoms with Gasteiger partial charge in [0.25, 0.3) is 0 Å². The predicted octanol–water partition coefficient (Wildman–Crippen LogP) is 0.679. The van der Waals surface area contributed by atoms with Crippen molar-refractivity contribution >= 4 is 11.8 Å². The van der Waals surface area contributed by atoms with Crippen LogP contribution in [0, 0.1) is 5.41 Å². The minimum Gasteiger partial charge on any atom is -0.480 e. The highest BCUT2D eigenvalue weighted by Gasteiger charge is 2.38. The molecule has 0 saturated carbocycles. The van der Waals surface area contributed by atoms with Crippen molar-refractivity contribution in [2.75, 3.05) is 13.2 Å². The first-order valence-electron chi connectivity index (χ1n) is 3.43. The Morgan fingerprint density at radius 1 is 1.54 bits per heavy atom. The Kier molecular flexibility index (Phi) is 4.22. The molecular formula is C6H9F3N2O2. The Bertz CT molecular complexity index is 203. The van der Waals surface area contributed by atoms with Gasteiger partial charge in [0, 0.05) is 0 Å². The molecule has 0 aliphatic rings. The van der Waals surface area contributed by atoms with Crippen molar-refractivity contribution < 1.29 is 22.7 Å². The lowest BCUT2D eigenvalue weighted by atomic mass is 10.5. The molecule has 0 aromatic heterocycles. The summed E-state index contributed by atoms with van der Waals surface area (Å²) in [4.78, 5) is 10.2. The molecule has 4 nitrogen and oxygen atoms in total. The number of hydrogen-bond donors (Lipinski definition) is 2. The monoisotopic (exact) mass is 198 g/mol. The highest BCUT2D eigenvalue weighted by atomic mass is 19.4. The fourth-order valence-corrected chi connectivity index (χ4v) is 0.486. The van der Waals surface area contributed by atoms with E-state index in [1.807, 2.05) is 0 Å². The van der Waals surface area contributed by atoms with Crippen LogP contribution < -0.4 is 5.32 Å². The quantitative estimate of drug-likeness (QED) is 0.517. The van der Waals surface area contributed by atoms with Gasteiger partial charge in [0.2, 0.25) is 0 Å². The Balaban J connectivity index is 3.77. The zero-order valence-corrected chi connectivity index (χ0v) is 6.86. The molecule has 76 valence electrons. The number of carbonyl (C=O) groups excluding carboxylic acids is 1. The van der Waals surface area contributed by atoms with Crippen molar-refractivity contribution in [2.24, 2.45) is 0 Å². The zero-order valence-electron chi connectivity index (χ0n) is 6.86. The molecule has 0 bridgehead atoms. The number of halogens is 3. The van der Waals surface area contributed by atoms with Gasteiger partial charge in [0.15, 0.2) is 5.90 Å². The van der Waals surface area contributed by atoms with Gasteiger partial charge in [0.1, 0.15) is 0 Å². The third-order valence-electron chi connectivity index (χ3n) is 0.986. The van der Waals surface area contributed by atoms with Crippen molar-refractivity contribution in [1.82, 2.24) is 5.32 Å². The predicted molar refractivity (Wildman–Crippen MR) is 38.4 cm³/mol. The van der Waals surface area contributed by atoms with Crippen molar-refractivity contribution in [3.05, 3.63) is 0 Å². The Hall–Kier alpha value is -1.27. The number of ether oxygens (including phenoxy) is 1. The summed E-state index contributed by atoms with van der Waals surface area (Å²) in [6.07, 6.45) is -4.91. The molecule has 0 aliphatic heterocycles. The van der Waals surface area contributed by atoms with E-state index in [1.54, 1.807) is 6.92 Å². The molecule has 0 aromatic carbocycles. The van der Waals surface area contributed by atoms with Crippen LogP contribution >= 0.6 is 0 Å². The van der Waals surface area contributed by atoms with Crippen LogP contribution in [0.3, 0.4) is 0 Å². The van der Waals surface area contributed by atoms with Crippen LogP contribution in [0.4, 0.5) is 13.2 Å². The van der Waals surface area contributed by atoms with Crippen LogP contribution in [0.2, 0.25) is 0 Å². The zero-order chi connectivity index (χ0) is 10.5. The summed E-state index contributed by atoms with van der Waals surface area (Å²) in [6.45, 7) is 1.22. The molecule has 0 fully saturated rings. The Morgan fingerprint density at radius 3 is 2.46 bits per heavy atom. The normalized spacial score (nSPS) is 10.8. The molecule has 0 heterocycles. The maximum atomic E-state index is 11.6. The van der Waals surface area contributed by atoms with E-state index >= 15 is 0 Å². The second kappa shape index (κ2) is 4.68. The third-order valence-corrected chi connectivity index (χ3v) is 0.986. The fraction of sp³-hybridized carbons (Fsp3) is 0.667. The van der Waals surface area contributed by atoms with Gasteiger partial charge in [-0.15, -0.1) is 0 Å². The highest BCUT2D eigenvalue weighted by Crippen LogP contribution is 2.13. The SMILES string of the molecule is CCOC(=N)CNC(=O)C(F)(F)F. The van der Waals surface area contributed by atoms with E-state index in [1.165, 1.54) is 5.32 Å². The molecule has 1 amide bonds. The lowest BCUT2D eigenvalue weighted by Gasteiger charge is -2.08. The number of nitrogens with one attached hydrogen (secondary N) is 2. The molecule has 7 heteroatoms. The second-order valence-electron chi connectivity index (χ2n) is 2.04. The molecule has 0 spiro atoms. The first-order chi connectivity index (χ1) is 5.88. The van der Waals surface area contributed by atoms with E-state index in [0.29, 0.717) is 0 Å². The van der Waals surface area contributed by atoms with Gasteiger partial charge in [-0.2, -0.15) is 13.2 Å². The van der Waals surface area contributed by atoms with E-state index in [-0.39, 0.29) is 6.61 Å². The van der Waals surface area contributed by atoms with Crippen molar-refractivity contribution in [3.8, 4) is 0 Å². The van der Waals surface area contributed by atoms with Crippen LogP contribution in [0.1, 0.15) is 6.92 Å². The average Bonchev–Trinajstić information content (AvgIpc) is 1.99. The van der Waals surface area contributed by atoms with Gasteiger partial charge in [-0.05, 0) is 6.92 Å². The number of alkyl halides is 3. The first kappa shape index (κ1) is 11.7. The lowest BCUT2D eigenvalue weighted by Crippen LogP contribution is -2.39. The minimum absolute atomic E-state index is 0.181. The molecule has 0 saturated heterocycles. The van der Waals surface area contributed by atoms with E-state index in [2.05, 4.69) is 4.74 Å². The largest absolute Gasteiger partial charge is 0.480 e. The van der Waals surface area contributed by atoms with E-state index in [0.717, 1.165) is 0 Å². The molecule has 0 unspecified atom stereocenters. The number of hydrogen-bond acceptors (Lipinski definition) is 3. The van der Waals surface area contributed by atoms with Gasteiger partial charge >= 0.3 is 12.1 Å². The number of rotatable bonds is 3. The summed E-state index contributed by atoms with van der Waals surface area (Å²) in [5, 5.41) is 8.38. The first-order valence-corrected chi connectivity index (χ1v) is 3.43. The van der Waals surface area contributed by atoms with Crippen LogP contribution in [-0.4, -0.2) is 31.1 Å². The molecule has 0 aromatic rings. The van der Waals surface area contributed by atoms with Crippen LogP contribution in [0.5, 0.6) is 0 Å². The molecular weight excluding hydrogens is 189 g/mol. The summed E-state index contributed by atoms with van der Waals surface area (Å²) in [5.74, 6) is -2.47. The lowest BCUT2D eigenvalue weighted by molar-refractivity contribution is -0.173. The maximum absolute atomic E-state index is 11.6. The summed E-state index contributed by atoms with van der Waals surface area (Å²) in [5.41, 5.74) is 0. The minimum atomic E-state index is -4.91. The van der Waals surface area contributed by atoms with Crippen LogP contribution in [0.25, 0.3) is 0 Å². The molecule has 0 aliphatic carbocycles. The van der Waals surface area contributed by atoms with Gasteiger partial charge in [-0.1, -0.05) is 0 Å². The smallest absolute Gasteiger partial charge is 0.471 e. The van der Waals surface area contributed by atoms with Gasteiger partial charge < -0.3 is 10.1 Å². The average molecular weight is 198 g/mol. The third kappa shape index (κ3) is 5.05. The summed E-state index contributed by atoms with van der Waals surface area (Å²) >= 11 is 0. The van der Waals surface area contributed by atoms with Crippen molar-refractivity contribution in [1.29, 1.82) is 5.41 Å². The fourth-order valence-electron chi connectivity index (χ4n) is 0.486. The Morgan fingerprint density at radius 2 is 2.08 bits per heavy atom. The van der Waals surface area contributed by atoms with Gasteiger partial charge in [0.05, 0.1) is 13.2 Å². The van der Waals surface area contributed by atoms with Gasteiger partial charge in [-0.25, -0.2) is 0 Å². The summed E-state index contributed by atoms with van der Waals surface area (Å²) in [7, 11) is 0. The van der Waals surface area contributed by atoms with Crippen LogP contribution in [0.15, 0.2) is 0 Å². The van der Waals surface area contributed by atoms with E-state index in [9.17, 15) is 18.0 Å². The van der Waals surface area contributed by atoms with Gasteiger partial charge in [-0.3, -0.25) is 10.2 Å². The topological polar surface area (TPSA) is 62.2 Å². The Labute approximate surface area is 72.6 Å². The van der Waals surface area contributed by atoms with Crippen molar-refractivity contribution in [2.45, 2.75) is 13.1 Å². The van der Waals surface area contributed by atoms with E-state index in [4.69, 9.17) is 5.41 Å².